The maximum absolute atomic E-state index is 11.2. The van der Waals surface area contributed by atoms with Gasteiger partial charge in [0.25, 0.3) is 0 Å². The molecule has 88 valence electrons. The summed E-state index contributed by atoms with van der Waals surface area (Å²) in [4.78, 5) is 11.2. The molecule has 0 aliphatic heterocycles. The predicted octanol–water partition coefficient (Wildman–Crippen LogP) is 1.98. The van der Waals surface area contributed by atoms with E-state index >= 15 is 0 Å². The number of phenolic OH excluding ortho intramolecular Hbond substituents is 2. The van der Waals surface area contributed by atoms with E-state index in [1.54, 1.807) is 6.07 Å². The summed E-state index contributed by atoms with van der Waals surface area (Å²) < 4.78 is 4.92. The Morgan fingerprint density at radius 3 is 2.69 bits per heavy atom. The van der Waals surface area contributed by atoms with Crippen molar-refractivity contribution in [2.24, 2.45) is 0 Å². The van der Waals surface area contributed by atoms with Gasteiger partial charge in [0, 0.05) is 6.42 Å². The Morgan fingerprint density at radius 1 is 1.31 bits per heavy atom. The van der Waals surface area contributed by atoms with Crippen molar-refractivity contribution in [1.29, 1.82) is 0 Å². The molecule has 0 spiro atoms. The zero-order valence-corrected chi connectivity index (χ0v) is 9.27. The van der Waals surface area contributed by atoms with E-state index in [9.17, 15) is 9.90 Å². The summed E-state index contributed by atoms with van der Waals surface area (Å²) in [5.74, 6) is -0.564. The van der Waals surface area contributed by atoms with Crippen LogP contribution in [0, 0.1) is 0 Å². The summed E-state index contributed by atoms with van der Waals surface area (Å²) in [6, 6.07) is 4.52. The molecule has 0 unspecified atom stereocenters. The van der Waals surface area contributed by atoms with Crippen LogP contribution in [0.15, 0.2) is 18.2 Å². The molecule has 0 aliphatic carbocycles. The molecule has 4 heteroatoms. The fraction of sp³-hybridized carbons (Fsp3) is 0.417. The second kappa shape index (κ2) is 6.00. The molecule has 1 aromatic carbocycles. The van der Waals surface area contributed by atoms with Crippen LogP contribution in [0.5, 0.6) is 11.5 Å². The van der Waals surface area contributed by atoms with E-state index < -0.39 is 0 Å². The monoisotopic (exact) mass is 224 g/mol. The van der Waals surface area contributed by atoms with Crippen LogP contribution in [0.25, 0.3) is 0 Å². The molecule has 0 saturated carbocycles. The molecular weight excluding hydrogens is 208 g/mol. The maximum atomic E-state index is 11.2. The topological polar surface area (TPSA) is 66.8 Å². The van der Waals surface area contributed by atoms with Gasteiger partial charge in [0.1, 0.15) is 0 Å². The summed E-state index contributed by atoms with van der Waals surface area (Å²) >= 11 is 0. The number of carbonyl (C=O) groups excluding carboxylic acids is 1. The first-order valence-corrected chi connectivity index (χ1v) is 5.30. The number of aromatic hydroxyl groups is 2. The standard InChI is InChI=1S/C12H16O4/c1-2-7-16-12(15)6-4-9-3-5-10(13)11(14)8-9/h3,5,8,13-14H,2,4,6-7H2,1H3. The van der Waals surface area contributed by atoms with E-state index in [1.165, 1.54) is 12.1 Å². The summed E-state index contributed by atoms with van der Waals surface area (Å²) in [5, 5.41) is 18.3. The summed E-state index contributed by atoms with van der Waals surface area (Å²) in [5.41, 5.74) is 0.795. The van der Waals surface area contributed by atoms with Gasteiger partial charge in [-0.25, -0.2) is 0 Å². The molecular formula is C12H16O4. The Bertz CT molecular complexity index is 360. The van der Waals surface area contributed by atoms with Crippen LogP contribution in [0.2, 0.25) is 0 Å². The zero-order valence-electron chi connectivity index (χ0n) is 9.27. The minimum atomic E-state index is -0.241. The van der Waals surface area contributed by atoms with Gasteiger partial charge in [-0.1, -0.05) is 13.0 Å². The molecule has 1 aromatic rings. The molecule has 16 heavy (non-hydrogen) atoms. The molecule has 0 amide bonds. The number of carbonyl (C=O) groups is 1. The van der Waals surface area contributed by atoms with Crippen LogP contribution in [-0.2, 0) is 16.0 Å². The molecule has 0 fully saturated rings. The lowest BCUT2D eigenvalue weighted by Crippen LogP contribution is -2.06. The largest absolute Gasteiger partial charge is 0.504 e. The van der Waals surface area contributed by atoms with Crippen molar-refractivity contribution in [3.05, 3.63) is 23.8 Å². The third kappa shape index (κ3) is 3.81. The van der Waals surface area contributed by atoms with Gasteiger partial charge in [-0.05, 0) is 30.5 Å². The third-order valence-corrected chi connectivity index (χ3v) is 2.12. The number of hydrogen-bond acceptors (Lipinski definition) is 4. The van der Waals surface area contributed by atoms with Crippen LogP contribution in [0.4, 0.5) is 0 Å². The van der Waals surface area contributed by atoms with Crippen LogP contribution in [-0.4, -0.2) is 22.8 Å². The van der Waals surface area contributed by atoms with Crippen molar-refractivity contribution in [2.45, 2.75) is 26.2 Å². The fourth-order valence-corrected chi connectivity index (χ4v) is 1.26. The van der Waals surface area contributed by atoms with E-state index in [0.29, 0.717) is 13.0 Å². The maximum Gasteiger partial charge on any atom is 0.306 e. The van der Waals surface area contributed by atoms with Crippen molar-refractivity contribution < 1.29 is 19.7 Å². The SMILES string of the molecule is CCCOC(=O)CCc1ccc(O)c(O)c1. The van der Waals surface area contributed by atoms with Crippen molar-refractivity contribution in [3.63, 3.8) is 0 Å². The second-order valence-electron chi connectivity index (χ2n) is 3.54. The van der Waals surface area contributed by atoms with E-state index in [-0.39, 0.29) is 23.9 Å². The highest BCUT2D eigenvalue weighted by Gasteiger charge is 2.05. The van der Waals surface area contributed by atoms with Gasteiger partial charge in [0.2, 0.25) is 0 Å². The highest BCUT2D eigenvalue weighted by molar-refractivity contribution is 5.69. The van der Waals surface area contributed by atoms with Crippen molar-refractivity contribution in [3.8, 4) is 11.5 Å². The minimum Gasteiger partial charge on any atom is -0.504 e. The van der Waals surface area contributed by atoms with Crippen molar-refractivity contribution >= 4 is 5.97 Å². The van der Waals surface area contributed by atoms with Gasteiger partial charge >= 0.3 is 5.97 Å². The van der Waals surface area contributed by atoms with E-state index in [1.807, 2.05) is 6.92 Å². The Balaban J connectivity index is 2.42. The van der Waals surface area contributed by atoms with Gasteiger partial charge in [0.05, 0.1) is 6.61 Å². The highest BCUT2D eigenvalue weighted by Crippen LogP contribution is 2.25. The lowest BCUT2D eigenvalue weighted by atomic mass is 10.1. The molecule has 0 radical (unpaired) electrons. The van der Waals surface area contributed by atoms with Crippen molar-refractivity contribution in [1.82, 2.24) is 0 Å². The molecule has 0 bridgehead atoms. The number of benzene rings is 1. The van der Waals surface area contributed by atoms with Gasteiger partial charge in [-0.3, -0.25) is 4.79 Å². The Hall–Kier alpha value is -1.71. The van der Waals surface area contributed by atoms with E-state index in [4.69, 9.17) is 9.84 Å². The van der Waals surface area contributed by atoms with E-state index in [0.717, 1.165) is 12.0 Å². The number of esters is 1. The normalized spacial score (nSPS) is 10.1. The summed E-state index contributed by atoms with van der Waals surface area (Å²) in [7, 11) is 0. The van der Waals surface area contributed by atoms with Crippen LogP contribution < -0.4 is 0 Å². The molecule has 0 aliphatic rings. The number of aryl methyl sites for hydroxylation is 1. The lowest BCUT2D eigenvalue weighted by molar-refractivity contribution is -0.143. The number of rotatable bonds is 5. The Kier molecular flexibility index (Phi) is 4.64. The van der Waals surface area contributed by atoms with Crippen LogP contribution >= 0.6 is 0 Å². The van der Waals surface area contributed by atoms with Gasteiger partial charge in [0.15, 0.2) is 11.5 Å². The number of phenols is 2. The molecule has 2 N–H and O–H groups in total. The molecule has 1 rings (SSSR count). The molecule has 0 aromatic heterocycles. The smallest absolute Gasteiger partial charge is 0.306 e. The first-order valence-electron chi connectivity index (χ1n) is 5.30. The Labute approximate surface area is 94.5 Å². The minimum absolute atomic E-state index is 0.155. The molecule has 0 heterocycles. The van der Waals surface area contributed by atoms with E-state index in [2.05, 4.69) is 0 Å². The van der Waals surface area contributed by atoms with Crippen LogP contribution in [0.3, 0.4) is 0 Å². The second-order valence-corrected chi connectivity index (χ2v) is 3.54. The number of hydrogen-bond donors (Lipinski definition) is 2. The third-order valence-electron chi connectivity index (χ3n) is 2.12. The Morgan fingerprint density at radius 2 is 2.06 bits per heavy atom. The fourth-order valence-electron chi connectivity index (χ4n) is 1.26. The van der Waals surface area contributed by atoms with Gasteiger partial charge in [-0.15, -0.1) is 0 Å². The first kappa shape index (κ1) is 12.4. The summed E-state index contributed by atoms with van der Waals surface area (Å²) in [6.45, 7) is 2.38. The predicted molar refractivity (Wildman–Crippen MR) is 59.3 cm³/mol. The quantitative estimate of drug-likeness (QED) is 0.593. The molecule has 0 saturated heterocycles. The number of ether oxygens (including phenoxy) is 1. The summed E-state index contributed by atoms with van der Waals surface area (Å²) in [6.07, 6.45) is 1.59. The molecule has 4 nitrogen and oxygen atoms in total. The zero-order chi connectivity index (χ0) is 12.0. The van der Waals surface area contributed by atoms with Gasteiger partial charge < -0.3 is 14.9 Å². The average molecular weight is 224 g/mol. The average Bonchev–Trinajstić information content (AvgIpc) is 2.28. The van der Waals surface area contributed by atoms with Crippen LogP contribution in [0.1, 0.15) is 25.3 Å². The van der Waals surface area contributed by atoms with Crippen molar-refractivity contribution in [2.75, 3.05) is 6.61 Å². The lowest BCUT2D eigenvalue weighted by Gasteiger charge is -2.04. The first-order chi connectivity index (χ1) is 7.63. The van der Waals surface area contributed by atoms with Gasteiger partial charge in [-0.2, -0.15) is 0 Å². The molecule has 0 atom stereocenters. The highest BCUT2D eigenvalue weighted by atomic mass is 16.5.